The van der Waals surface area contributed by atoms with Crippen LogP contribution in [0.1, 0.15) is 31.8 Å². The van der Waals surface area contributed by atoms with E-state index in [2.05, 4.69) is 13.2 Å². The minimum atomic E-state index is -0.503. The lowest BCUT2D eigenvalue weighted by molar-refractivity contribution is 0.0622. The van der Waals surface area contributed by atoms with Crippen LogP contribution in [0.3, 0.4) is 0 Å². The monoisotopic (exact) mass is 374 g/mol. The summed E-state index contributed by atoms with van der Waals surface area (Å²) in [5.41, 5.74) is 2.95. The van der Waals surface area contributed by atoms with Crippen LogP contribution in [0.5, 0.6) is 0 Å². The van der Waals surface area contributed by atoms with Crippen molar-refractivity contribution in [3.05, 3.63) is 120 Å². The van der Waals surface area contributed by atoms with Gasteiger partial charge in [0.2, 0.25) is 0 Å². The molecule has 0 atom stereocenters. The minimum Gasteiger partial charge on any atom is -0.423 e. The number of aryl methyl sites for hydroxylation is 2. The Balaban J connectivity index is 2.09. The van der Waals surface area contributed by atoms with E-state index in [0.29, 0.717) is 11.1 Å². The summed E-state index contributed by atoms with van der Waals surface area (Å²) in [5, 5.41) is 0. The van der Waals surface area contributed by atoms with E-state index in [-0.39, 0.29) is 11.5 Å². The summed E-state index contributed by atoms with van der Waals surface area (Å²) in [4.78, 5) is 24.4. The topological polar surface area (TPSA) is 52.6 Å². The molecular weight excluding hydrogens is 352 g/mol. The zero-order chi connectivity index (χ0) is 20.5. The number of carbonyl (C=O) groups excluding carboxylic acids is 2. The third-order valence-electron chi connectivity index (χ3n) is 3.81. The predicted molar refractivity (Wildman–Crippen MR) is 110 cm³/mol. The zero-order valence-corrected chi connectivity index (χ0v) is 16.0. The largest absolute Gasteiger partial charge is 0.423 e. The average Bonchev–Trinajstić information content (AvgIpc) is 2.70. The standard InChI is InChI=1S/C24H22O4/c1-5-21(27-23(25)19-11-7-17(3)8-12-19)15-16-22(6-2)28-24(26)20-13-9-18(4)10-14-20/h5-16H,1-2H2,3-4H3/b21-15+,22-16+. The fourth-order valence-corrected chi connectivity index (χ4v) is 2.16. The van der Waals surface area contributed by atoms with Crippen LogP contribution in [0.4, 0.5) is 0 Å². The maximum Gasteiger partial charge on any atom is 0.343 e. The smallest absolute Gasteiger partial charge is 0.343 e. The second-order valence-corrected chi connectivity index (χ2v) is 6.06. The molecule has 0 unspecified atom stereocenters. The summed E-state index contributed by atoms with van der Waals surface area (Å²) >= 11 is 0. The van der Waals surface area contributed by atoms with Crippen LogP contribution in [-0.2, 0) is 9.47 Å². The van der Waals surface area contributed by atoms with Crippen molar-refractivity contribution in [3.8, 4) is 0 Å². The zero-order valence-electron chi connectivity index (χ0n) is 16.0. The first kappa shape index (κ1) is 20.6. The van der Waals surface area contributed by atoms with E-state index >= 15 is 0 Å². The molecule has 142 valence electrons. The Morgan fingerprint density at radius 1 is 0.679 bits per heavy atom. The summed E-state index contributed by atoms with van der Waals surface area (Å²) in [6.45, 7) is 11.1. The Morgan fingerprint density at radius 2 is 1.00 bits per heavy atom. The second kappa shape index (κ2) is 9.88. The van der Waals surface area contributed by atoms with Crippen molar-refractivity contribution in [1.29, 1.82) is 0 Å². The third kappa shape index (κ3) is 5.95. The molecule has 0 aromatic heterocycles. The van der Waals surface area contributed by atoms with Gasteiger partial charge in [0.15, 0.2) is 0 Å². The van der Waals surface area contributed by atoms with Gasteiger partial charge < -0.3 is 9.47 Å². The molecule has 0 fully saturated rings. The SMILES string of the molecule is C=C/C(=C\C=C(/C=C)OC(=O)c1ccc(C)cc1)OC(=O)c1ccc(C)cc1. The molecule has 0 heterocycles. The number of esters is 2. The molecule has 28 heavy (non-hydrogen) atoms. The van der Waals surface area contributed by atoms with Crippen molar-refractivity contribution < 1.29 is 19.1 Å². The normalized spacial score (nSPS) is 11.5. The highest BCUT2D eigenvalue weighted by atomic mass is 16.5. The lowest BCUT2D eigenvalue weighted by Crippen LogP contribution is -2.05. The van der Waals surface area contributed by atoms with Crippen molar-refractivity contribution in [2.45, 2.75) is 13.8 Å². The van der Waals surface area contributed by atoms with Crippen LogP contribution < -0.4 is 0 Å². The van der Waals surface area contributed by atoms with Gasteiger partial charge in [-0.25, -0.2) is 9.59 Å². The van der Waals surface area contributed by atoms with Gasteiger partial charge in [0.1, 0.15) is 11.5 Å². The molecule has 0 spiro atoms. The third-order valence-corrected chi connectivity index (χ3v) is 3.81. The Morgan fingerprint density at radius 3 is 1.29 bits per heavy atom. The van der Waals surface area contributed by atoms with E-state index in [0.717, 1.165) is 11.1 Å². The molecule has 0 aliphatic rings. The number of carbonyl (C=O) groups is 2. The number of hydrogen-bond donors (Lipinski definition) is 0. The molecule has 0 saturated carbocycles. The van der Waals surface area contributed by atoms with Crippen LogP contribution in [0.25, 0.3) is 0 Å². The van der Waals surface area contributed by atoms with Crippen LogP contribution in [0.2, 0.25) is 0 Å². The van der Waals surface area contributed by atoms with Gasteiger partial charge >= 0.3 is 11.9 Å². The molecule has 0 bridgehead atoms. The molecule has 0 amide bonds. The molecule has 2 rings (SSSR count). The van der Waals surface area contributed by atoms with E-state index in [4.69, 9.17) is 9.47 Å². The molecule has 4 nitrogen and oxygen atoms in total. The highest BCUT2D eigenvalue weighted by Gasteiger charge is 2.10. The van der Waals surface area contributed by atoms with Crippen LogP contribution in [0.15, 0.2) is 97.5 Å². The molecular formula is C24H22O4. The van der Waals surface area contributed by atoms with E-state index in [1.165, 1.54) is 24.3 Å². The molecule has 0 radical (unpaired) electrons. The molecule has 0 saturated heterocycles. The van der Waals surface area contributed by atoms with Crippen molar-refractivity contribution >= 4 is 11.9 Å². The first-order chi connectivity index (χ1) is 13.4. The first-order valence-electron chi connectivity index (χ1n) is 8.67. The van der Waals surface area contributed by atoms with Gasteiger partial charge in [0.25, 0.3) is 0 Å². The van der Waals surface area contributed by atoms with E-state index < -0.39 is 11.9 Å². The first-order valence-corrected chi connectivity index (χ1v) is 8.67. The number of ether oxygens (including phenoxy) is 2. The maximum absolute atomic E-state index is 12.2. The van der Waals surface area contributed by atoms with Crippen molar-refractivity contribution in [2.75, 3.05) is 0 Å². The number of benzene rings is 2. The Bertz CT molecular complexity index is 850. The van der Waals surface area contributed by atoms with Crippen LogP contribution in [-0.4, -0.2) is 11.9 Å². The summed E-state index contributed by atoms with van der Waals surface area (Å²) in [6, 6.07) is 14.1. The van der Waals surface area contributed by atoms with Gasteiger partial charge in [-0.3, -0.25) is 0 Å². The molecule has 4 heteroatoms. The summed E-state index contributed by atoms with van der Waals surface area (Å²) in [6.07, 6.45) is 5.76. The minimum absolute atomic E-state index is 0.219. The van der Waals surface area contributed by atoms with Crippen LogP contribution in [0, 0.1) is 13.8 Å². The molecule has 2 aromatic carbocycles. The van der Waals surface area contributed by atoms with Crippen molar-refractivity contribution in [1.82, 2.24) is 0 Å². The highest BCUT2D eigenvalue weighted by molar-refractivity contribution is 5.91. The van der Waals surface area contributed by atoms with Gasteiger partial charge in [0.05, 0.1) is 11.1 Å². The average molecular weight is 374 g/mol. The lowest BCUT2D eigenvalue weighted by atomic mass is 10.1. The number of rotatable bonds is 7. The van der Waals surface area contributed by atoms with Crippen molar-refractivity contribution in [3.63, 3.8) is 0 Å². The Hall–Kier alpha value is -3.66. The number of hydrogen-bond acceptors (Lipinski definition) is 4. The molecule has 0 aliphatic carbocycles. The van der Waals surface area contributed by atoms with Gasteiger partial charge in [-0.05, 0) is 62.4 Å². The van der Waals surface area contributed by atoms with E-state index in [1.807, 2.05) is 38.1 Å². The van der Waals surface area contributed by atoms with E-state index in [9.17, 15) is 9.59 Å². The summed E-state index contributed by atoms with van der Waals surface area (Å²) < 4.78 is 10.6. The quantitative estimate of drug-likeness (QED) is 0.367. The second-order valence-electron chi connectivity index (χ2n) is 6.06. The fraction of sp³-hybridized carbons (Fsp3) is 0.0833. The van der Waals surface area contributed by atoms with Crippen molar-refractivity contribution in [2.24, 2.45) is 0 Å². The predicted octanol–water partition coefficient (Wildman–Crippen LogP) is 5.46. The Kier molecular flexibility index (Phi) is 7.28. The highest BCUT2D eigenvalue weighted by Crippen LogP contribution is 2.12. The number of allylic oxidation sites excluding steroid dienone is 4. The molecule has 0 aliphatic heterocycles. The molecule has 0 N–H and O–H groups in total. The van der Waals surface area contributed by atoms with Crippen LogP contribution >= 0.6 is 0 Å². The van der Waals surface area contributed by atoms with Gasteiger partial charge in [-0.2, -0.15) is 0 Å². The Labute approximate surface area is 165 Å². The summed E-state index contributed by atoms with van der Waals surface area (Å²) in [5.74, 6) is -0.569. The lowest BCUT2D eigenvalue weighted by Gasteiger charge is -2.06. The maximum atomic E-state index is 12.2. The summed E-state index contributed by atoms with van der Waals surface area (Å²) in [7, 11) is 0. The molecule has 2 aromatic rings. The van der Waals surface area contributed by atoms with Gasteiger partial charge in [-0.1, -0.05) is 48.6 Å². The van der Waals surface area contributed by atoms with E-state index in [1.54, 1.807) is 24.3 Å². The van der Waals surface area contributed by atoms with Gasteiger partial charge in [-0.15, -0.1) is 0 Å². The van der Waals surface area contributed by atoms with Gasteiger partial charge in [0, 0.05) is 0 Å². The fourth-order valence-electron chi connectivity index (χ4n) is 2.16.